The van der Waals surface area contributed by atoms with E-state index in [0.29, 0.717) is 11.4 Å². The van der Waals surface area contributed by atoms with Gasteiger partial charge in [-0.05, 0) is 61.8 Å². The zero-order valence-corrected chi connectivity index (χ0v) is 16.1. The van der Waals surface area contributed by atoms with Crippen LogP contribution in [0, 0.1) is 5.92 Å². The third-order valence-electron chi connectivity index (χ3n) is 4.70. The molecule has 1 saturated heterocycles. The van der Waals surface area contributed by atoms with Gasteiger partial charge in [0.1, 0.15) is 0 Å². The third kappa shape index (κ3) is 5.81. The number of nitrogens with zero attached hydrogens (tertiary/aromatic N) is 1. The number of amides is 2. The molecule has 1 fully saturated rings. The number of piperidine rings is 1. The Hall–Kier alpha value is -2.37. The molecule has 0 spiro atoms. The normalized spacial score (nSPS) is 15.3. The summed E-state index contributed by atoms with van der Waals surface area (Å²) in [6.45, 7) is 4.09. The lowest BCUT2D eigenvalue weighted by Crippen LogP contribution is -2.37. The van der Waals surface area contributed by atoms with Crippen LogP contribution in [0.5, 0.6) is 0 Å². The van der Waals surface area contributed by atoms with Crippen molar-refractivity contribution >= 4 is 34.8 Å². The summed E-state index contributed by atoms with van der Waals surface area (Å²) in [4.78, 5) is 26.1. The minimum atomic E-state index is -0.134. The SMILES string of the molecule is CC(=O)Nc1cccc(NC(=O)C2CCN(Cc3cccc(Cl)c3)CC2)c1. The molecular formula is C21H24ClN3O2. The molecule has 27 heavy (non-hydrogen) atoms. The maximum Gasteiger partial charge on any atom is 0.227 e. The zero-order chi connectivity index (χ0) is 19.2. The van der Waals surface area contributed by atoms with Gasteiger partial charge in [-0.1, -0.05) is 29.8 Å². The Morgan fingerprint density at radius 3 is 2.37 bits per heavy atom. The number of anilines is 2. The summed E-state index contributed by atoms with van der Waals surface area (Å²) in [6.07, 6.45) is 1.66. The van der Waals surface area contributed by atoms with E-state index in [2.05, 4.69) is 21.6 Å². The Balaban J connectivity index is 1.50. The van der Waals surface area contributed by atoms with Crippen LogP contribution in [0.4, 0.5) is 11.4 Å². The molecule has 0 radical (unpaired) electrons. The highest BCUT2D eigenvalue weighted by Gasteiger charge is 2.25. The average Bonchev–Trinajstić information content (AvgIpc) is 2.62. The fourth-order valence-corrected chi connectivity index (χ4v) is 3.58. The van der Waals surface area contributed by atoms with Crippen LogP contribution in [0.1, 0.15) is 25.3 Å². The van der Waals surface area contributed by atoms with Crippen LogP contribution in [0.3, 0.4) is 0 Å². The van der Waals surface area contributed by atoms with E-state index in [4.69, 9.17) is 11.6 Å². The Kier molecular flexibility index (Phi) is 6.48. The molecule has 6 heteroatoms. The van der Waals surface area contributed by atoms with Gasteiger partial charge in [-0.3, -0.25) is 14.5 Å². The molecule has 3 rings (SSSR count). The molecule has 0 bridgehead atoms. The van der Waals surface area contributed by atoms with Crippen molar-refractivity contribution < 1.29 is 9.59 Å². The molecule has 2 N–H and O–H groups in total. The Bertz CT molecular complexity index is 817. The number of hydrogen-bond donors (Lipinski definition) is 2. The van der Waals surface area contributed by atoms with E-state index >= 15 is 0 Å². The van der Waals surface area contributed by atoms with Crippen LogP contribution in [0.15, 0.2) is 48.5 Å². The van der Waals surface area contributed by atoms with Gasteiger partial charge in [0.05, 0.1) is 0 Å². The molecule has 2 amide bonds. The molecule has 142 valence electrons. The van der Waals surface area contributed by atoms with Crippen LogP contribution in [0.2, 0.25) is 5.02 Å². The van der Waals surface area contributed by atoms with Gasteiger partial charge in [0.15, 0.2) is 0 Å². The molecule has 0 saturated carbocycles. The lowest BCUT2D eigenvalue weighted by atomic mass is 9.95. The molecule has 1 aliphatic heterocycles. The van der Waals surface area contributed by atoms with Crippen molar-refractivity contribution in [1.82, 2.24) is 4.90 Å². The van der Waals surface area contributed by atoms with Crippen molar-refractivity contribution in [3.63, 3.8) is 0 Å². The van der Waals surface area contributed by atoms with Gasteiger partial charge in [0.2, 0.25) is 11.8 Å². The van der Waals surface area contributed by atoms with Gasteiger partial charge >= 0.3 is 0 Å². The maximum absolute atomic E-state index is 12.6. The molecule has 0 aliphatic carbocycles. The first-order valence-electron chi connectivity index (χ1n) is 9.15. The molecule has 1 heterocycles. The van der Waals surface area contributed by atoms with Crippen molar-refractivity contribution in [3.05, 3.63) is 59.1 Å². The number of rotatable bonds is 5. The third-order valence-corrected chi connectivity index (χ3v) is 4.94. The minimum Gasteiger partial charge on any atom is -0.326 e. The molecule has 5 nitrogen and oxygen atoms in total. The summed E-state index contributed by atoms with van der Waals surface area (Å²) in [5.74, 6) is -0.0898. The first-order chi connectivity index (χ1) is 13.0. The number of likely N-dealkylation sites (tertiary alicyclic amines) is 1. The van der Waals surface area contributed by atoms with Crippen molar-refractivity contribution in [1.29, 1.82) is 0 Å². The number of carbonyl (C=O) groups excluding carboxylic acids is 2. The topological polar surface area (TPSA) is 61.4 Å². The largest absolute Gasteiger partial charge is 0.326 e. The molecular weight excluding hydrogens is 362 g/mol. The lowest BCUT2D eigenvalue weighted by Gasteiger charge is -2.31. The van der Waals surface area contributed by atoms with Gasteiger partial charge in [0.25, 0.3) is 0 Å². The Labute approximate surface area is 164 Å². The van der Waals surface area contributed by atoms with E-state index in [-0.39, 0.29) is 17.7 Å². The first kappa shape index (κ1) is 19.4. The van der Waals surface area contributed by atoms with Gasteiger partial charge in [-0.15, -0.1) is 0 Å². The van der Waals surface area contributed by atoms with Crippen molar-refractivity contribution in [3.8, 4) is 0 Å². The Morgan fingerprint density at radius 1 is 1.04 bits per heavy atom. The highest BCUT2D eigenvalue weighted by Crippen LogP contribution is 2.23. The standard InChI is InChI=1S/C21H24ClN3O2/c1-15(26)23-19-6-3-7-20(13-19)24-21(27)17-8-10-25(11-9-17)14-16-4-2-5-18(22)12-16/h2-7,12-13,17H,8-11,14H2,1H3,(H,23,26)(H,24,27). The summed E-state index contributed by atoms with van der Waals surface area (Å²) in [6, 6.07) is 15.1. The molecule has 0 unspecified atom stereocenters. The van der Waals surface area contributed by atoms with Crippen LogP contribution >= 0.6 is 11.6 Å². The number of benzene rings is 2. The van der Waals surface area contributed by atoms with E-state index in [0.717, 1.165) is 37.5 Å². The number of carbonyl (C=O) groups is 2. The first-order valence-corrected chi connectivity index (χ1v) is 9.53. The molecule has 0 atom stereocenters. The summed E-state index contributed by atoms with van der Waals surface area (Å²) in [7, 11) is 0. The van der Waals surface area contributed by atoms with Crippen LogP contribution in [-0.4, -0.2) is 29.8 Å². The fraction of sp³-hybridized carbons (Fsp3) is 0.333. The molecule has 2 aromatic rings. The zero-order valence-electron chi connectivity index (χ0n) is 15.4. The van der Waals surface area contributed by atoms with Gasteiger partial charge in [0, 0.05) is 35.8 Å². The fourth-order valence-electron chi connectivity index (χ4n) is 3.37. The summed E-state index contributed by atoms with van der Waals surface area (Å²) in [5, 5.41) is 6.45. The number of nitrogens with one attached hydrogen (secondary N) is 2. The summed E-state index contributed by atoms with van der Waals surface area (Å²) < 4.78 is 0. The van der Waals surface area contributed by atoms with E-state index in [1.165, 1.54) is 12.5 Å². The summed E-state index contributed by atoms with van der Waals surface area (Å²) >= 11 is 6.05. The quantitative estimate of drug-likeness (QED) is 0.812. The van der Waals surface area contributed by atoms with Crippen LogP contribution in [-0.2, 0) is 16.1 Å². The predicted molar refractivity (Wildman–Crippen MR) is 109 cm³/mol. The van der Waals surface area contributed by atoms with E-state index in [1.807, 2.05) is 30.3 Å². The highest BCUT2D eigenvalue weighted by atomic mass is 35.5. The molecule has 2 aromatic carbocycles. The second kappa shape index (κ2) is 9.02. The monoisotopic (exact) mass is 385 g/mol. The summed E-state index contributed by atoms with van der Waals surface area (Å²) in [5.41, 5.74) is 2.57. The van der Waals surface area contributed by atoms with Crippen molar-refractivity contribution in [2.45, 2.75) is 26.3 Å². The Morgan fingerprint density at radius 2 is 1.70 bits per heavy atom. The van der Waals surface area contributed by atoms with Gasteiger partial charge in [-0.2, -0.15) is 0 Å². The molecule has 0 aromatic heterocycles. The predicted octanol–water partition coefficient (Wildman–Crippen LogP) is 4.15. The number of halogens is 1. The van der Waals surface area contributed by atoms with E-state index < -0.39 is 0 Å². The second-order valence-electron chi connectivity index (χ2n) is 6.93. The van der Waals surface area contributed by atoms with Crippen molar-refractivity contribution in [2.75, 3.05) is 23.7 Å². The molecule has 1 aliphatic rings. The van der Waals surface area contributed by atoms with E-state index in [1.54, 1.807) is 12.1 Å². The lowest BCUT2D eigenvalue weighted by molar-refractivity contribution is -0.121. The van der Waals surface area contributed by atoms with Crippen LogP contribution in [0.25, 0.3) is 0 Å². The van der Waals surface area contributed by atoms with Gasteiger partial charge in [-0.25, -0.2) is 0 Å². The van der Waals surface area contributed by atoms with Gasteiger partial charge < -0.3 is 10.6 Å². The smallest absolute Gasteiger partial charge is 0.227 e. The van der Waals surface area contributed by atoms with Crippen molar-refractivity contribution in [2.24, 2.45) is 5.92 Å². The average molecular weight is 386 g/mol. The maximum atomic E-state index is 12.6. The number of hydrogen-bond acceptors (Lipinski definition) is 3. The van der Waals surface area contributed by atoms with E-state index in [9.17, 15) is 9.59 Å². The highest BCUT2D eigenvalue weighted by molar-refractivity contribution is 6.30. The minimum absolute atomic E-state index is 0.00466. The van der Waals surface area contributed by atoms with Crippen LogP contribution < -0.4 is 10.6 Å². The second-order valence-corrected chi connectivity index (χ2v) is 7.37.